The van der Waals surface area contributed by atoms with E-state index in [4.69, 9.17) is 0 Å². The fraction of sp³-hybridized carbons (Fsp3) is 0.167. The Kier molecular flexibility index (Phi) is 3.31. The van der Waals surface area contributed by atoms with Gasteiger partial charge in [0.05, 0.1) is 6.54 Å². The number of hydrogen-bond donors (Lipinski definition) is 1. The zero-order valence-electron chi connectivity index (χ0n) is 8.93. The number of aryl methyl sites for hydroxylation is 1. The van der Waals surface area contributed by atoms with E-state index in [1.807, 2.05) is 12.1 Å². The summed E-state index contributed by atoms with van der Waals surface area (Å²) in [6, 6.07) is 9.37. The first kappa shape index (κ1) is 10.8. The van der Waals surface area contributed by atoms with Crippen molar-refractivity contribution in [2.75, 3.05) is 0 Å². The molecule has 0 radical (unpaired) electrons. The molecule has 1 amide bonds. The molecule has 2 aromatic rings. The van der Waals surface area contributed by atoms with Gasteiger partial charge in [0, 0.05) is 16.0 Å². The highest BCUT2D eigenvalue weighted by Gasteiger charge is 2.05. The van der Waals surface area contributed by atoms with Crippen LogP contribution in [0.2, 0.25) is 0 Å². The summed E-state index contributed by atoms with van der Waals surface area (Å²) in [4.78, 5) is 18.0. The van der Waals surface area contributed by atoms with E-state index in [1.54, 1.807) is 35.7 Å². The highest BCUT2D eigenvalue weighted by molar-refractivity contribution is 7.11. The van der Waals surface area contributed by atoms with Gasteiger partial charge in [0.25, 0.3) is 5.91 Å². The van der Waals surface area contributed by atoms with Crippen molar-refractivity contribution in [3.8, 4) is 0 Å². The van der Waals surface area contributed by atoms with E-state index in [2.05, 4.69) is 17.2 Å². The van der Waals surface area contributed by atoms with E-state index < -0.39 is 0 Å². The van der Waals surface area contributed by atoms with Crippen molar-refractivity contribution in [1.29, 1.82) is 0 Å². The molecule has 2 heterocycles. The van der Waals surface area contributed by atoms with E-state index >= 15 is 0 Å². The molecule has 2 rings (SSSR count). The molecular weight excluding hydrogens is 220 g/mol. The summed E-state index contributed by atoms with van der Waals surface area (Å²) in [5.41, 5.74) is 0.454. The van der Waals surface area contributed by atoms with E-state index in [1.165, 1.54) is 4.88 Å². The average molecular weight is 232 g/mol. The summed E-state index contributed by atoms with van der Waals surface area (Å²) in [7, 11) is 0. The molecule has 0 spiro atoms. The third kappa shape index (κ3) is 2.67. The maximum Gasteiger partial charge on any atom is 0.270 e. The van der Waals surface area contributed by atoms with Crippen molar-refractivity contribution >= 4 is 17.2 Å². The summed E-state index contributed by atoms with van der Waals surface area (Å²) < 4.78 is 0. The van der Waals surface area contributed by atoms with E-state index in [0.717, 1.165) is 4.88 Å². The number of carbonyl (C=O) groups excluding carboxylic acids is 1. The molecule has 82 valence electrons. The standard InChI is InChI=1S/C12H12N2OS/c1-9-5-6-10(16-9)8-14-12(15)11-4-2-3-7-13-11/h2-7H,8H2,1H3,(H,14,15). The minimum Gasteiger partial charge on any atom is -0.346 e. The fourth-order valence-electron chi connectivity index (χ4n) is 1.34. The van der Waals surface area contributed by atoms with Gasteiger partial charge in [-0.15, -0.1) is 11.3 Å². The van der Waals surface area contributed by atoms with Crippen molar-refractivity contribution in [3.63, 3.8) is 0 Å². The molecule has 0 saturated carbocycles. The Morgan fingerprint density at radius 2 is 2.25 bits per heavy atom. The van der Waals surface area contributed by atoms with Crippen LogP contribution in [-0.4, -0.2) is 10.9 Å². The number of aromatic nitrogens is 1. The van der Waals surface area contributed by atoms with Crippen molar-refractivity contribution in [3.05, 3.63) is 52.0 Å². The minimum atomic E-state index is -0.133. The maximum atomic E-state index is 11.7. The first-order valence-corrected chi connectivity index (χ1v) is 5.82. The molecule has 0 aliphatic rings. The van der Waals surface area contributed by atoms with Crippen LogP contribution in [0.5, 0.6) is 0 Å². The lowest BCUT2D eigenvalue weighted by Crippen LogP contribution is -2.23. The normalized spacial score (nSPS) is 10.1. The van der Waals surface area contributed by atoms with Crippen LogP contribution in [0, 0.1) is 6.92 Å². The lowest BCUT2D eigenvalue weighted by molar-refractivity contribution is 0.0946. The average Bonchev–Trinajstić information content (AvgIpc) is 2.73. The molecular formula is C12H12N2OS. The van der Waals surface area contributed by atoms with Gasteiger partial charge in [0.15, 0.2) is 0 Å². The van der Waals surface area contributed by atoms with Crippen molar-refractivity contribution in [2.45, 2.75) is 13.5 Å². The number of nitrogens with one attached hydrogen (secondary N) is 1. The van der Waals surface area contributed by atoms with Gasteiger partial charge in [-0.1, -0.05) is 6.07 Å². The zero-order chi connectivity index (χ0) is 11.4. The topological polar surface area (TPSA) is 42.0 Å². The van der Waals surface area contributed by atoms with E-state index in [9.17, 15) is 4.79 Å². The summed E-state index contributed by atoms with van der Waals surface area (Å²) in [6.45, 7) is 2.61. The number of amides is 1. The molecule has 0 aliphatic carbocycles. The number of hydrogen-bond acceptors (Lipinski definition) is 3. The van der Waals surface area contributed by atoms with Gasteiger partial charge in [-0.2, -0.15) is 0 Å². The van der Waals surface area contributed by atoms with Crippen LogP contribution < -0.4 is 5.32 Å². The Labute approximate surface area is 98.2 Å². The second-order valence-corrected chi connectivity index (χ2v) is 4.78. The molecule has 2 aromatic heterocycles. The third-order valence-corrected chi connectivity index (χ3v) is 3.12. The quantitative estimate of drug-likeness (QED) is 0.882. The highest BCUT2D eigenvalue weighted by Crippen LogP contribution is 2.14. The summed E-state index contributed by atoms with van der Waals surface area (Å²) >= 11 is 1.69. The minimum absolute atomic E-state index is 0.133. The van der Waals surface area contributed by atoms with Crippen LogP contribution >= 0.6 is 11.3 Å². The van der Waals surface area contributed by atoms with Crippen LogP contribution in [0.15, 0.2) is 36.5 Å². The largest absolute Gasteiger partial charge is 0.346 e. The van der Waals surface area contributed by atoms with E-state index in [-0.39, 0.29) is 5.91 Å². The Bertz CT molecular complexity index is 479. The number of pyridine rings is 1. The Morgan fingerprint density at radius 1 is 1.38 bits per heavy atom. The van der Waals surface area contributed by atoms with Gasteiger partial charge in [-0.05, 0) is 31.2 Å². The maximum absolute atomic E-state index is 11.7. The molecule has 0 atom stereocenters. The van der Waals surface area contributed by atoms with Crippen molar-refractivity contribution < 1.29 is 4.79 Å². The fourth-order valence-corrected chi connectivity index (χ4v) is 2.17. The lowest BCUT2D eigenvalue weighted by Gasteiger charge is -2.02. The van der Waals surface area contributed by atoms with Crippen LogP contribution in [0.3, 0.4) is 0 Å². The van der Waals surface area contributed by atoms with Gasteiger partial charge in [0.2, 0.25) is 0 Å². The predicted octanol–water partition coefficient (Wildman–Crippen LogP) is 2.38. The van der Waals surface area contributed by atoms with E-state index in [0.29, 0.717) is 12.2 Å². The molecule has 0 bridgehead atoms. The third-order valence-electron chi connectivity index (χ3n) is 2.12. The molecule has 1 N–H and O–H groups in total. The molecule has 0 aromatic carbocycles. The molecule has 0 unspecified atom stereocenters. The molecule has 4 heteroatoms. The molecule has 16 heavy (non-hydrogen) atoms. The highest BCUT2D eigenvalue weighted by atomic mass is 32.1. The van der Waals surface area contributed by atoms with Crippen LogP contribution in [0.1, 0.15) is 20.2 Å². The van der Waals surface area contributed by atoms with Gasteiger partial charge < -0.3 is 5.32 Å². The predicted molar refractivity (Wildman–Crippen MR) is 64.5 cm³/mol. The SMILES string of the molecule is Cc1ccc(CNC(=O)c2ccccn2)s1. The molecule has 3 nitrogen and oxygen atoms in total. The monoisotopic (exact) mass is 232 g/mol. The van der Waals surface area contributed by atoms with Gasteiger partial charge in [-0.25, -0.2) is 0 Å². The van der Waals surface area contributed by atoms with Crippen molar-refractivity contribution in [1.82, 2.24) is 10.3 Å². The molecule has 0 saturated heterocycles. The Balaban J connectivity index is 1.94. The smallest absolute Gasteiger partial charge is 0.270 e. The second kappa shape index (κ2) is 4.90. The number of rotatable bonds is 3. The number of carbonyl (C=O) groups is 1. The first-order valence-electron chi connectivity index (χ1n) is 5.00. The summed E-state index contributed by atoms with van der Waals surface area (Å²) in [6.07, 6.45) is 1.62. The molecule has 0 aliphatic heterocycles. The Morgan fingerprint density at radius 3 is 2.88 bits per heavy atom. The number of nitrogens with zero attached hydrogens (tertiary/aromatic N) is 1. The van der Waals surface area contributed by atoms with Crippen LogP contribution in [0.4, 0.5) is 0 Å². The van der Waals surface area contributed by atoms with Gasteiger partial charge in [-0.3, -0.25) is 9.78 Å². The zero-order valence-corrected chi connectivity index (χ0v) is 9.75. The van der Waals surface area contributed by atoms with Crippen LogP contribution in [0.25, 0.3) is 0 Å². The summed E-state index contributed by atoms with van der Waals surface area (Å²) in [5.74, 6) is -0.133. The molecule has 0 fully saturated rings. The van der Waals surface area contributed by atoms with Crippen LogP contribution in [-0.2, 0) is 6.54 Å². The second-order valence-electron chi connectivity index (χ2n) is 3.41. The van der Waals surface area contributed by atoms with Gasteiger partial charge >= 0.3 is 0 Å². The summed E-state index contributed by atoms with van der Waals surface area (Å²) in [5, 5.41) is 2.84. The first-order chi connectivity index (χ1) is 7.75. The Hall–Kier alpha value is -1.68. The van der Waals surface area contributed by atoms with Gasteiger partial charge in [0.1, 0.15) is 5.69 Å². The number of thiophene rings is 1. The van der Waals surface area contributed by atoms with Crippen molar-refractivity contribution in [2.24, 2.45) is 0 Å². The lowest BCUT2D eigenvalue weighted by atomic mass is 10.3.